The highest BCUT2D eigenvalue weighted by atomic mass is 32.1. The number of ether oxygens (including phenoxy) is 9. The zero-order valence-electron chi connectivity index (χ0n) is 73.8. The van der Waals surface area contributed by atoms with Gasteiger partial charge >= 0.3 is 0 Å². The van der Waals surface area contributed by atoms with Crippen molar-refractivity contribution in [2.75, 3.05) is 39.6 Å². The van der Waals surface area contributed by atoms with Crippen LogP contribution in [-0.2, 0) is 52.7 Å². The van der Waals surface area contributed by atoms with E-state index in [1.165, 1.54) is 41.9 Å². The number of aryl methyl sites for hydroxylation is 10. The van der Waals surface area contributed by atoms with E-state index in [1.54, 1.807) is 61.2 Å². The molecule has 6 aliphatic rings. The van der Waals surface area contributed by atoms with Gasteiger partial charge in [-0.05, 0) is 175 Å². The molecular formula is C99H106N12O15S2. The van der Waals surface area contributed by atoms with E-state index in [4.69, 9.17) is 42.6 Å². The molecule has 128 heavy (non-hydrogen) atoms. The van der Waals surface area contributed by atoms with E-state index >= 15 is 0 Å². The lowest BCUT2D eigenvalue weighted by Gasteiger charge is -2.26. The molecule has 3 aliphatic carbocycles. The first-order valence-corrected chi connectivity index (χ1v) is 44.9. The van der Waals surface area contributed by atoms with Gasteiger partial charge < -0.3 is 42.6 Å². The number of ketones is 6. The zero-order chi connectivity index (χ0) is 90.0. The van der Waals surface area contributed by atoms with Gasteiger partial charge in [-0.3, -0.25) is 48.7 Å². The third-order valence-electron chi connectivity index (χ3n) is 20.8. The molecule has 0 unspecified atom stereocenters. The fourth-order valence-corrected chi connectivity index (χ4v) is 14.7. The number of Topliss-reactive ketones (excluding diaryl/α,β-unsaturated/α-hetero) is 6. The van der Waals surface area contributed by atoms with Crippen molar-refractivity contribution in [1.82, 2.24) is 59.8 Å². The lowest BCUT2D eigenvalue weighted by molar-refractivity contribution is -0.0797. The summed E-state index contributed by atoms with van der Waals surface area (Å²) < 4.78 is 50.1. The van der Waals surface area contributed by atoms with Crippen molar-refractivity contribution in [3.8, 4) is 34.5 Å². The number of pyridine rings is 10. The van der Waals surface area contributed by atoms with Gasteiger partial charge in [0.2, 0.25) is 0 Å². The van der Waals surface area contributed by atoms with E-state index in [-0.39, 0.29) is 85.1 Å². The fraction of sp³-hybridized carbons (Fsp3) is 0.374. The summed E-state index contributed by atoms with van der Waals surface area (Å²) >= 11 is 3.01. The van der Waals surface area contributed by atoms with Crippen LogP contribution in [0, 0.1) is 69.2 Å². The standard InChI is InChI=1S/C18H20N2O2.C17H18N2O3.C17H18N2O2.C16H16N2O3.C16H18N2O2S.C15H16N2O3S/c1-12-6-7-14(19-11-12)9-18(21)17-10-16(8-13(2)20-17)22-15-4-3-5-15;1-11-3-4-13(18-8-11)6-17(20)16-7-14(5-12(2)19-16)22-15-9-21-10-15;1-12-9-15(21-14-6-4-7-14)11-16(19-12)17(20)10-13-5-2-3-8-18-13;1-11-6-13(21-14-9-20-10-14)8-15(18-11)16(19)7-12-4-2-3-5-17-12;1-10-6-13(20-12-4-3-5-12)7-14(17-10)15(19)8-16-18-11(2)9-21-16;1-9-3-11(20-12-6-19-7-12)4-13(16-9)14(18)5-15-17-10(2)8-21-15/h6-8,10-11,15H,3-5,9H2,1-2H3;3-5,7-8,15H,6,9-10H2,1-2H3;2-3,5,8-9,11,14H,4,6-7,10H2,1H3;2-6,8,14H,7,9-10H2,1H3;6-7,9,12H,3-5,8H2,1-2H3;3-4,8,12H,5-7H2,1-2H3. The molecule has 27 nitrogen and oxygen atoms in total. The molecule has 3 saturated heterocycles. The smallest absolute Gasteiger partial charge is 0.188 e. The van der Waals surface area contributed by atoms with Gasteiger partial charge in [0.05, 0.1) is 96.5 Å². The maximum atomic E-state index is 12.4. The van der Waals surface area contributed by atoms with Crippen LogP contribution in [0.15, 0.2) is 169 Å². The molecule has 15 heterocycles. The lowest BCUT2D eigenvalue weighted by atomic mass is 9.96. The van der Waals surface area contributed by atoms with Gasteiger partial charge in [-0.25, -0.2) is 39.9 Å². The van der Waals surface area contributed by atoms with E-state index in [0.29, 0.717) is 116 Å². The van der Waals surface area contributed by atoms with Crippen molar-refractivity contribution in [1.29, 1.82) is 0 Å². The molecule has 0 spiro atoms. The lowest BCUT2D eigenvalue weighted by Crippen LogP contribution is -2.38. The van der Waals surface area contributed by atoms with E-state index in [9.17, 15) is 28.8 Å². The summed E-state index contributed by atoms with van der Waals surface area (Å²) in [6, 6.07) is 40.3. The molecule has 0 radical (unpaired) electrons. The maximum Gasteiger partial charge on any atom is 0.188 e. The highest BCUT2D eigenvalue weighted by Crippen LogP contribution is 2.31. The summed E-state index contributed by atoms with van der Waals surface area (Å²) in [5, 5.41) is 5.55. The van der Waals surface area contributed by atoms with E-state index < -0.39 is 0 Å². The molecular weight excluding hydrogens is 1660 g/mol. The predicted molar refractivity (Wildman–Crippen MR) is 483 cm³/mol. The number of carbonyl (C=O) groups is 6. The second-order valence-corrected chi connectivity index (χ2v) is 34.4. The van der Waals surface area contributed by atoms with Crippen LogP contribution in [0.2, 0.25) is 0 Å². The Bertz CT molecular complexity index is 5430. The van der Waals surface area contributed by atoms with Crippen LogP contribution in [0.25, 0.3) is 0 Å². The summed E-state index contributed by atoms with van der Waals surface area (Å²) in [6.07, 6.45) is 19.9. The Balaban J connectivity index is 0.000000131. The van der Waals surface area contributed by atoms with Crippen molar-refractivity contribution in [3.05, 3.63) is 293 Å². The Hall–Kier alpha value is -12.5. The van der Waals surface area contributed by atoms with Crippen LogP contribution in [-0.4, -0.2) is 171 Å². The highest BCUT2D eigenvalue weighted by Gasteiger charge is 2.28. The average molecular weight is 1770 g/mol. The van der Waals surface area contributed by atoms with Crippen molar-refractivity contribution in [3.63, 3.8) is 0 Å². The molecule has 0 atom stereocenters. The molecule has 3 saturated carbocycles. The van der Waals surface area contributed by atoms with Gasteiger partial charge in [0.1, 0.15) is 97.0 Å². The van der Waals surface area contributed by atoms with Crippen LogP contribution in [0.3, 0.4) is 0 Å². The molecule has 18 rings (SSSR count). The molecule has 0 N–H and O–H groups in total. The summed E-state index contributed by atoms with van der Waals surface area (Å²) in [4.78, 5) is 126. The maximum absolute atomic E-state index is 12.4. The van der Waals surface area contributed by atoms with Crippen molar-refractivity contribution >= 4 is 57.4 Å². The molecule has 0 amide bonds. The van der Waals surface area contributed by atoms with Crippen LogP contribution >= 0.6 is 22.7 Å². The second-order valence-electron chi connectivity index (χ2n) is 32.5. The topological polar surface area (TPSA) is 340 Å². The van der Waals surface area contributed by atoms with E-state index in [1.807, 2.05) is 177 Å². The Morgan fingerprint density at radius 2 is 0.539 bits per heavy atom. The van der Waals surface area contributed by atoms with Crippen molar-refractivity contribution in [2.45, 2.75) is 202 Å². The Morgan fingerprint density at radius 1 is 0.289 bits per heavy atom. The van der Waals surface area contributed by atoms with Crippen LogP contribution in [0.1, 0.15) is 210 Å². The number of carbonyl (C=O) groups excluding carboxylic acids is 6. The zero-order valence-corrected chi connectivity index (χ0v) is 75.4. The summed E-state index contributed by atoms with van der Waals surface area (Å²) in [7, 11) is 0. The number of aromatic nitrogens is 12. The molecule has 12 aromatic heterocycles. The Labute approximate surface area is 753 Å². The van der Waals surface area contributed by atoms with Gasteiger partial charge in [-0.1, -0.05) is 24.3 Å². The molecule has 0 aromatic carbocycles. The van der Waals surface area contributed by atoms with Crippen molar-refractivity contribution < 1.29 is 71.4 Å². The molecule has 29 heteroatoms. The molecule has 3 aliphatic heterocycles. The predicted octanol–water partition coefficient (Wildman–Crippen LogP) is 16.7. The summed E-state index contributed by atoms with van der Waals surface area (Å²) in [6.45, 7) is 22.6. The average Bonchev–Trinajstić information content (AvgIpc) is 1.12. The van der Waals surface area contributed by atoms with Crippen LogP contribution < -0.4 is 28.4 Å². The number of hydrogen-bond acceptors (Lipinski definition) is 29. The van der Waals surface area contributed by atoms with E-state index in [2.05, 4.69) is 59.8 Å². The first-order valence-electron chi connectivity index (χ1n) is 43.1. The largest absolute Gasteiger partial charge is 0.490 e. The quantitative estimate of drug-likeness (QED) is 0.0377. The number of rotatable bonds is 30. The number of hydrogen-bond donors (Lipinski definition) is 0. The first kappa shape index (κ1) is 93.1. The van der Waals surface area contributed by atoms with Gasteiger partial charge in [0, 0.05) is 177 Å². The summed E-state index contributed by atoms with van der Waals surface area (Å²) in [5.41, 5.74) is 14.4. The van der Waals surface area contributed by atoms with Crippen LogP contribution in [0.5, 0.6) is 34.5 Å². The third kappa shape index (κ3) is 29.3. The highest BCUT2D eigenvalue weighted by molar-refractivity contribution is 7.10. The normalized spacial score (nSPS) is 14.6. The SMILES string of the molecule is Cc1cc(OC2CCC2)cc(C(=O)Cc2ccccn2)n1.Cc1cc(OC2CCC2)cc(C(=O)Cc2nc(C)cs2)n1.Cc1cc(OC2COC2)cc(C(=O)Cc2ccccn2)n1.Cc1cc(OC2COC2)cc(C(=O)Cc2nc(C)cs2)n1.Cc1ccc(CC(=O)c2cc(OC3CCC3)cc(C)n2)nc1.Cc1ccc(CC(=O)c2cc(OC3COC3)cc(C)n2)nc1. The minimum atomic E-state index is -0.0629. The van der Waals surface area contributed by atoms with Gasteiger partial charge in [0.25, 0.3) is 0 Å². The van der Waals surface area contributed by atoms with Gasteiger partial charge in [0.15, 0.2) is 34.7 Å². The molecule has 0 bridgehead atoms. The molecule has 6 fully saturated rings. The fourth-order valence-electron chi connectivity index (χ4n) is 13.2. The monoisotopic (exact) mass is 1770 g/mol. The number of thiazole rings is 2. The molecule has 664 valence electrons. The van der Waals surface area contributed by atoms with E-state index in [0.717, 1.165) is 145 Å². The van der Waals surface area contributed by atoms with Crippen LogP contribution in [0.4, 0.5) is 0 Å². The minimum Gasteiger partial charge on any atom is -0.490 e. The second kappa shape index (κ2) is 45.8. The van der Waals surface area contributed by atoms with Gasteiger partial charge in [-0.2, -0.15) is 0 Å². The first-order chi connectivity index (χ1) is 61.8. The van der Waals surface area contributed by atoms with Crippen molar-refractivity contribution in [2.24, 2.45) is 0 Å². The number of nitrogens with zero attached hydrogens (tertiary/aromatic N) is 12. The Morgan fingerprint density at radius 3 is 0.734 bits per heavy atom. The minimum absolute atomic E-state index is 0.00786. The third-order valence-corrected chi connectivity index (χ3v) is 22.7. The Kier molecular flexibility index (Phi) is 33.3. The van der Waals surface area contributed by atoms with Gasteiger partial charge in [-0.15, -0.1) is 22.7 Å². The summed E-state index contributed by atoms with van der Waals surface area (Å²) in [5.74, 6) is 4.03. The molecule has 12 aromatic rings.